The van der Waals surface area contributed by atoms with Crippen molar-refractivity contribution in [3.05, 3.63) is 204 Å². The molecule has 15 aromatic heterocycles. The molecule has 3 atom stereocenters. The van der Waals surface area contributed by atoms with Crippen molar-refractivity contribution >= 4 is 115 Å². The van der Waals surface area contributed by atoms with Gasteiger partial charge in [-0.25, -0.2) is 74.5 Å². The summed E-state index contributed by atoms with van der Waals surface area (Å²) in [6, 6.07) is 16.4. The number of hydrogen-bond acceptors (Lipinski definition) is 28. The molecule has 133 heavy (non-hydrogen) atoms. The Morgan fingerprint density at radius 1 is 0.534 bits per heavy atom. The molecule has 1 aromatic carbocycles. The Balaban J connectivity index is 0.000000124. The maximum atomic E-state index is 15.0. The van der Waals surface area contributed by atoms with Gasteiger partial charge in [0.25, 0.3) is 12.9 Å². The molecule has 0 aliphatic carbocycles. The van der Waals surface area contributed by atoms with Gasteiger partial charge in [0.05, 0.1) is 71.8 Å². The quantitative estimate of drug-likeness (QED) is 0.0449. The van der Waals surface area contributed by atoms with Crippen LogP contribution in [0.1, 0.15) is 158 Å². The van der Waals surface area contributed by atoms with Gasteiger partial charge in [0, 0.05) is 146 Å². The van der Waals surface area contributed by atoms with Gasteiger partial charge in [0.2, 0.25) is 17.8 Å². The highest BCUT2D eigenvalue weighted by atomic mass is 35.5. The number of thiazole rings is 3. The fourth-order valence-corrected chi connectivity index (χ4v) is 19.5. The molecule has 33 nitrogen and oxygen atoms in total. The smallest absolute Gasteiger partial charge is 0.372 e. The van der Waals surface area contributed by atoms with Crippen molar-refractivity contribution in [1.29, 1.82) is 0 Å². The summed E-state index contributed by atoms with van der Waals surface area (Å²) in [5.74, 6) is 1.72. The zero-order valence-electron chi connectivity index (χ0n) is 72.2. The number of aromatic nitrogens is 25. The molecule has 4 aliphatic heterocycles. The first-order valence-electron chi connectivity index (χ1n) is 42.0. The van der Waals surface area contributed by atoms with Crippen molar-refractivity contribution in [3.63, 3.8) is 0 Å². The topological polar surface area (TPSA) is 344 Å². The zero-order valence-corrected chi connectivity index (χ0v) is 76.2. The number of benzene rings is 1. The normalized spacial score (nSPS) is 15.8. The van der Waals surface area contributed by atoms with Crippen molar-refractivity contribution in [3.8, 4) is 54.4 Å². The number of nitrogens with zero attached hydrogens (tertiary/aromatic N) is 28. The second kappa shape index (κ2) is 38.3. The molecule has 3 fully saturated rings. The van der Waals surface area contributed by atoms with Crippen LogP contribution < -0.4 is 14.7 Å². The molecule has 0 bridgehead atoms. The predicted octanol–water partition coefficient (Wildman–Crippen LogP) is 15.9. The molecular formula is C86H81Cl2F9N28O5S3. The van der Waals surface area contributed by atoms with Crippen LogP contribution in [0.3, 0.4) is 0 Å². The van der Waals surface area contributed by atoms with Crippen LogP contribution in [0.25, 0.3) is 71.3 Å². The first-order chi connectivity index (χ1) is 63.7. The van der Waals surface area contributed by atoms with Crippen LogP contribution in [0, 0.1) is 31.4 Å². The molecule has 0 spiro atoms. The van der Waals surface area contributed by atoms with Gasteiger partial charge in [-0.15, -0.1) is 49.3 Å². The van der Waals surface area contributed by atoms with Gasteiger partial charge in [-0.05, 0) is 101 Å². The Kier molecular flexibility index (Phi) is 26.5. The minimum absolute atomic E-state index is 0.00265. The summed E-state index contributed by atoms with van der Waals surface area (Å²) < 4.78 is 139. The number of Topliss-reactive ketones (excluding diaryl/α,β-unsaturated/α-hetero) is 4. The van der Waals surface area contributed by atoms with Gasteiger partial charge >= 0.3 is 6.18 Å². The molecule has 0 amide bonds. The lowest BCUT2D eigenvalue weighted by atomic mass is 9.91. The van der Waals surface area contributed by atoms with Crippen molar-refractivity contribution in [2.75, 3.05) is 54.0 Å². The molecule has 4 aliphatic rings. The Morgan fingerprint density at radius 2 is 1.01 bits per heavy atom. The van der Waals surface area contributed by atoms with Gasteiger partial charge in [0.1, 0.15) is 81.1 Å². The lowest BCUT2D eigenvalue weighted by Crippen LogP contribution is -2.46. The van der Waals surface area contributed by atoms with E-state index in [1.165, 1.54) is 71.9 Å². The first kappa shape index (κ1) is 91.9. The maximum Gasteiger partial charge on any atom is 0.434 e. The highest BCUT2D eigenvalue weighted by Crippen LogP contribution is 2.42. The summed E-state index contributed by atoms with van der Waals surface area (Å²) in [5.41, 5.74) is 5.72. The third kappa shape index (κ3) is 19.8. The number of morpholine rings is 1. The van der Waals surface area contributed by atoms with Gasteiger partial charge in [0.15, 0.2) is 51.6 Å². The highest BCUT2D eigenvalue weighted by Gasteiger charge is 2.37. The molecule has 19 heterocycles. The number of fused-ring (bicyclic) bond motifs is 4. The van der Waals surface area contributed by atoms with Crippen molar-refractivity contribution in [2.45, 2.75) is 130 Å². The summed E-state index contributed by atoms with van der Waals surface area (Å²) in [5, 5.41) is 35.9. The average Bonchev–Trinajstić information content (AvgIpc) is 1.57. The molecule has 1 unspecified atom stereocenters. The summed E-state index contributed by atoms with van der Waals surface area (Å²) in [7, 11) is 6.47. The molecule has 690 valence electrons. The van der Waals surface area contributed by atoms with Crippen LogP contribution in [0.2, 0.25) is 8.67 Å². The lowest BCUT2D eigenvalue weighted by molar-refractivity contribution is -0.140. The fraction of sp³-hybridized carbons (Fsp3) is 0.360. The lowest BCUT2D eigenvalue weighted by Gasteiger charge is -2.34. The van der Waals surface area contributed by atoms with E-state index in [0.717, 1.165) is 120 Å². The number of aryl methyl sites for hydroxylation is 7. The van der Waals surface area contributed by atoms with E-state index >= 15 is 0 Å². The Morgan fingerprint density at radius 3 is 1.51 bits per heavy atom. The Labute approximate surface area is 772 Å². The molecule has 3 saturated heterocycles. The van der Waals surface area contributed by atoms with Crippen molar-refractivity contribution in [2.24, 2.45) is 34.1 Å². The Hall–Kier alpha value is -13.0. The number of alkyl halides is 7. The molecule has 16 aromatic rings. The van der Waals surface area contributed by atoms with Crippen LogP contribution in [0.4, 0.5) is 57.4 Å². The van der Waals surface area contributed by atoms with E-state index in [1.807, 2.05) is 60.7 Å². The highest BCUT2D eigenvalue weighted by molar-refractivity contribution is 7.19. The maximum absolute atomic E-state index is 15.0. The molecule has 0 saturated carbocycles. The van der Waals surface area contributed by atoms with Crippen LogP contribution in [-0.2, 0) is 71.3 Å². The van der Waals surface area contributed by atoms with Crippen molar-refractivity contribution in [1.82, 2.24) is 123 Å². The van der Waals surface area contributed by atoms with Crippen LogP contribution >= 0.6 is 57.2 Å². The standard InChI is InChI=1S/C22H21ClF3N7O2S.C22H19ClF2N6OS.C22H23FN8O.C20H18F3N7OS/c1-10-7-32(8-11(2)35-10)22-28-16-5-12(14(24)9-33(16)30-22)4-15(34)18-13(6-27-31(18)3)21-29-17(20(25)26)19(23)36-21;1-30-18(14(11-26-30)22-28-17(20(24)25)19(23)33-22)15(32)9-12-7-8-31-16(10-12)27-21(29-31)13-5-3-2-4-6-13;1-13-10-24-14(2)26-20(13)16-11-25-29(3)21(16)18(32)8-15-9-19-27-22(30-6-4-5-7-30)28-31(19)12-17(15)23;1-28-17(13(10-24-28)18-25-15(11-32-18)20(21,22)23)14(31)8-12-4-7-30-16(9-12)26-19(27-30)29-5-2-3-6-29/h5-6,9-11,20H,4,7-8H2,1-3H3;2-6,11-12,20H,7-10H2,1H3;9-12H,4-8H2,1-3H3;4,7,9-11H,2-3,5-6,8H2,1H3/t10-,11+;;;. The second-order valence-electron chi connectivity index (χ2n) is 32.3. The van der Waals surface area contributed by atoms with E-state index in [4.69, 9.17) is 27.9 Å². The van der Waals surface area contributed by atoms with Gasteiger partial charge in [-0.2, -0.15) is 53.6 Å². The molecule has 0 radical (unpaired) electrons. The second-order valence-corrected chi connectivity index (χ2v) is 36.4. The molecule has 0 N–H and O–H groups in total. The van der Waals surface area contributed by atoms with Gasteiger partial charge in [-0.3, -0.25) is 37.9 Å². The van der Waals surface area contributed by atoms with Gasteiger partial charge < -0.3 is 19.4 Å². The number of halogens is 11. The number of rotatable bonds is 22. The SMILES string of the molecule is C[C@@H]1CN(c2nc3cc(CC(=O)c4c(-c5nc(C(F)F)c(Cl)s5)cnn4C)c(F)cn3n2)C[C@H](C)O1.Cc1ncc(C)c(-c2cnn(C)c2C(=O)Cc2cc3nc(N4CCCC4)nn3cc2F)n1.Cn1ncc(-c2nc(C(F)(F)F)cs2)c1C(=O)Cc1ccn2nc(N3CCCC3)nc2c1.Cn1ncc(-c2nc(C(F)F)c(Cl)s2)c1C(=O)CC1CCn2nc(-c3ccccc3)nc2C1. The van der Waals surface area contributed by atoms with Crippen LogP contribution in [-0.4, -0.2) is 197 Å². The average molecular weight is 1920 g/mol. The summed E-state index contributed by atoms with van der Waals surface area (Å²) in [6.07, 6.45) is 7.37. The Bertz CT molecular complexity index is 7050. The predicted molar refractivity (Wildman–Crippen MR) is 476 cm³/mol. The number of anilines is 3. The first-order valence-corrected chi connectivity index (χ1v) is 45.3. The largest absolute Gasteiger partial charge is 0.434 e. The van der Waals surface area contributed by atoms with E-state index in [9.17, 15) is 58.7 Å². The summed E-state index contributed by atoms with van der Waals surface area (Å²) >= 11 is 14.4. The van der Waals surface area contributed by atoms with E-state index < -0.39 is 53.5 Å². The van der Waals surface area contributed by atoms with E-state index in [-0.39, 0.29) is 112 Å². The molecule has 47 heteroatoms. The zero-order chi connectivity index (χ0) is 93.7. The van der Waals surface area contributed by atoms with E-state index in [1.54, 1.807) is 69.4 Å². The molecule has 20 rings (SSSR count). The third-order valence-corrected chi connectivity index (χ3v) is 26.2. The fourth-order valence-electron chi connectivity index (χ4n) is 16.3. The van der Waals surface area contributed by atoms with Crippen LogP contribution in [0.15, 0.2) is 110 Å². The number of ketones is 4. The summed E-state index contributed by atoms with van der Waals surface area (Å²) in [4.78, 5) is 97.5. The number of ether oxygens (including phenoxy) is 1. The summed E-state index contributed by atoms with van der Waals surface area (Å²) in [6.45, 7) is 13.1. The monoisotopic (exact) mass is 1920 g/mol. The third-order valence-electron chi connectivity index (χ3n) is 22.7. The molecular weight excluding hydrogens is 1840 g/mol. The minimum atomic E-state index is -4.54. The number of hydrogen-bond donors (Lipinski definition) is 0. The van der Waals surface area contributed by atoms with Crippen LogP contribution in [0.5, 0.6) is 0 Å². The van der Waals surface area contributed by atoms with Crippen molar-refractivity contribution < 1.29 is 63.4 Å². The number of carbonyl (C=O) groups is 4. The minimum Gasteiger partial charge on any atom is -0.372 e. The van der Waals surface area contributed by atoms with E-state index in [2.05, 4.69) is 95.4 Å². The van der Waals surface area contributed by atoms with E-state index in [0.29, 0.717) is 107 Å². The van der Waals surface area contributed by atoms with Gasteiger partial charge in [-0.1, -0.05) is 53.5 Å². The number of pyridine rings is 3. The number of carbonyl (C=O) groups excluding carboxylic acids is 4.